The molecule has 1 amide bonds. The molecule has 2 atom stereocenters. The molecule has 1 N–H and O–H groups in total. The maximum atomic E-state index is 12.6. The van der Waals surface area contributed by atoms with Gasteiger partial charge in [-0.2, -0.15) is 0 Å². The molecule has 20 heavy (non-hydrogen) atoms. The lowest BCUT2D eigenvalue weighted by Gasteiger charge is -2.34. The second kappa shape index (κ2) is 5.54. The van der Waals surface area contributed by atoms with Crippen LogP contribution in [0.1, 0.15) is 35.4 Å². The number of amides is 1. The van der Waals surface area contributed by atoms with E-state index in [1.54, 1.807) is 4.90 Å². The summed E-state index contributed by atoms with van der Waals surface area (Å²) in [6, 6.07) is 9.94. The van der Waals surface area contributed by atoms with Crippen LogP contribution in [0.15, 0.2) is 30.3 Å². The van der Waals surface area contributed by atoms with E-state index in [4.69, 9.17) is 0 Å². The molecule has 1 fully saturated rings. The number of carbonyl (C=O) groups excluding carboxylic acids is 1. The van der Waals surface area contributed by atoms with Crippen molar-refractivity contribution in [3.8, 4) is 0 Å². The first-order valence-corrected chi connectivity index (χ1v) is 7.92. The number of hydrogen-bond donors (Lipinski definition) is 1. The molecule has 3 rings (SSSR count). The van der Waals surface area contributed by atoms with Crippen molar-refractivity contribution in [3.05, 3.63) is 35.2 Å². The molecule has 1 saturated carbocycles. The van der Waals surface area contributed by atoms with Gasteiger partial charge < -0.3 is 10.0 Å². The van der Waals surface area contributed by atoms with Crippen molar-refractivity contribution in [3.63, 3.8) is 0 Å². The molecule has 0 radical (unpaired) electrons. The second-order valence-corrected chi connectivity index (χ2v) is 6.57. The Labute approximate surface area is 122 Å². The fourth-order valence-corrected chi connectivity index (χ4v) is 4.00. The highest BCUT2D eigenvalue weighted by molar-refractivity contribution is 7.20. The number of benzene rings is 1. The van der Waals surface area contributed by atoms with Crippen LogP contribution in [0.5, 0.6) is 0 Å². The molecule has 106 valence electrons. The van der Waals surface area contributed by atoms with Crippen LogP contribution in [0.25, 0.3) is 10.1 Å². The number of aliphatic hydroxyl groups is 1. The third kappa shape index (κ3) is 2.45. The van der Waals surface area contributed by atoms with Crippen molar-refractivity contribution in [1.29, 1.82) is 0 Å². The molecular weight excluding hydrogens is 270 g/mol. The van der Waals surface area contributed by atoms with Crippen LogP contribution < -0.4 is 0 Å². The van der Waals surface area contributed by atoms with Gasteiger partial charge in [-0.1, -0.05) is 31.0 Å². The number of thiophene rings is 1. The van der Waals surface area contributed by atoms with E-state index >= 15 is 0 Å². The highest BCUT2D eigenvalue weighted by Gasteiger charge is 2.30. The van der Waals surface area contributed by atoms with Crippen molar-refractivity contribution in [2.45, 2.75) is 37.8 Å². The molecule has 4 heteroatoms. The Balaban J connectivity index is 1.83. The Morgan fingerprint density at radius 1 is 1.30 bits per heavy atom. The van der Waals surface area contributed by atoms with E-state index in [1.807, 2.05) is 37.4 Å². The van der Waals surface area contributed by atoms with E-state index in [0.29, 0.717) is 0 Å². The first-order valence-electron chi connectivity index (χ1n) is 7.10. The fraction of sp³-hybridized carbons (Fsp3) is 0.438. The summed E-state index contributed by atoms with van der Waals surface area (Å²) in [6.45, 7) is 0. The number of likely N-dealkylation sites (N-methyl/N-ethyl adjacent to an activating group) is 1. The first-order chi connectivity index (χ1) is 9.66. The number of nitrogens with zero attached hydrogens (tertiary/aromatic N) is 1. The van der Waals surface area contributed by atoms with Gasteiger partial charge in [0, 0.05) is 11.7 Å². The van der Waals surface area contributed by atoms with Gasteiger partial charge in [0.2, 0.25) is 0 Å². The summed E-state index contributed by atoms with van der Waals surface area (Å²) in [5.41, 5.74) is 0. The van der Waals surface area contributed by atoms with Crippen LogP contribution in [-0.4, -0.2) is 35.1 Å². The molecule has 1 heterocycles. The maximum absolute atomic E-state index is 12.6. The number of hydrogen-bond acceptors (Lipinski definition) is 3. The molecule has 3 nitrogen and oxygen atoms in total. The lowest BCUT2D eigenvalue weighted by Crippen LogP contribution is -2.46. The van der Waals surface area contributed by atoms with Gasteiger partial charge >= 0.3 is 0 Å². The van der Waals surface area contributed by atoms with Crippen molar-refractivity contribution >= 4 is 27.3 Å². The standard InChI is InChI=1S/C16H19NO2S/c1-17(12-7-3-4-8-13(12)18)16(19)15-10-11-6-2-5-9-14(11)20-15/h2,5-6,9-10,12-13,18H,3-4,7-8H2,1H3. The molecule has 1 aromatic heterocycles. The normalized spacial score (nSPS) is 22.9. The van der Waals surface area contributed by atoms with E-state index in [9.17, 15) is 9.90 Å². The molecule has 2 aromatic rings. The molecule has 0 bridgehead atoms. The Bertz CT molecular complexity index is 589. The van der Waals surface area contributed by atoms with Gasteiger partial charge in [-0.3, -0.25) is 4.79 Å². The zero-order valence-corrected chi connectivity index (χ0v) is 12.4. The summed E-state index contributed by atoms with van der Waals surface area (Å²) in [6.07, 6.45) is 3.46. The summed E-state index contributed by atoms with van der Waals surface area (Å²) < 4.78 is 1.13. The van der Waals surface area contributed by atoms with Crippen LogP contribution in [0.3, 0.4) is 0 Å². The average Bonchev–Trinajstić information content (AvgIpc) is 2.90. The highest BCUT2D eigenvalue weighted by atomic mass is 32.1. The SMILES string of the molecule is CN(C(=O)c1cc2ccccc2s1)C1CCCCC1O. The Morgan fingerprint density at radius 2 is 2.05 bits per heavy atom. The quantitative estimate of drug-likeness (QED) is 0.921. The molecule has 1 aliphatic carbocycles. The predicted molar refractivity (Wildman–Crippen MR) is 82.2 cm³/mol. The number of carbonyl (C=O) groups is 1. The van der Waals surface area contributed by atoms with Gasteiger partial charge in [0.05, 0.1) is 17.0 Å². The zero-order valence-electron chi connectivity index (χ0n) is 11.6. The van der Waals surface area contributed by atoms with Crippen LogP contribution in [0.2, 0.25) is 0 Å². The van der Waals surface area contributed by atoms with Gasteiger partial charge in [0.1, 0.15) is 0 Å². The maximum Gasteiger partial charge on any atom is 0.264 e. The number of rotatable bonds is 2. The summed E-state index contributed by atoms with van der Waals surface area (Å²) in [7, 11) is 1.81. The fourth-order valence-electron chi connectivity index (χ4n) is 2.96. The molecule has 2 unspecified atom stereocenters. The van der Waals surface area contributed by atoms with Crippen molar-refractivity contribution in [1.82, 2.24) is 4.90 Å². The summed E-state index contributed by atoms with van der Waals surface area (Å²) in [4.78, 5) is 15.1. The second-order valence-electron chi connectivity index (χ2n) is 5.48. The van der Waals surface area contributed by atoms with Crippen LogP contribution in [0, 0.1) is 0 Å². The summed E-state index contributed by atoms with van der Waals surface area (Å²) in [5, 5.41) is 11.2. The minimum Gasteiger partial charge on any atom is -0.391 e. The van der Waals surface area contributed by atoms with Crippen LogP contribution in [-0.2, 0) is 0 Å². The van der Waals surface area contributed by atoms with Crippen LogP contribution in [0.4, 0.5) is 0 Å². The van der Waals surface area contributed by atoms with Crippen LogP contribution >= 0.6 is 11.3 Å². The van der Waals surface area contributed by atoms with E-state index < -0.39 is 0 Å². The molecule has 0 aliphatic heterocycles. The van der Waals surface area contributed by atoms with E-state index in [1.165, 1.54) is 11.3 Å². The van der Waals surface area contributed by atoms with Gasteiger partial charge in [-0.15, -0.1) is 11.3 Å². The van der Waals surface area contributed by atoms with E-state index in [-0.39, 0.29) is 18.1 Å². The predicted octanol–water partition coefficient (Wildman–Crippen LogP) is 3.28. The summed E-state index contributed by atoms with van der Waals surface area (Å²) >= 11 is 1.53. The lowest BCUT2D eigenvalue weighted by molar-refractivity contribution is 0.0271. The smallest absolute Gasteiger partial charge is 0.264 e. The van der Waals surface area contributed by atoms with Gasteiger partial charge in [-0.05, 0) is 30.4 Å². The van der Waals surface area contributed by atoms with Gasteiger partial charge in [0.15, 0.2) is 0 Å². The van der Waals surface area contributed by atoms with Crippen molar-refractivity contribution in [2.24, 2.45) is 0 Å². The number of fused-ring (bicyclic) bond motifs is 1. The average molecular weight is 289 g/mol. The van der Waals surface area contributed by atoms with Crippen molar-refractivity contribution < 1.29 is 9.90 Å². The Kier molecular flexibility index (Phi) is 3.76. The Morgan fingerprint density at radius 3 is 2.80 bits per heavy atom. The third-order valence-electron chi connectivity index (χ3n) is 4.15. The minimum atomic E-state index is -0.382. The molecule has 0 saturated heterocycles. The largest absolute Gasteiger partial charge is 0.391 e. The summed E-state index contributed by atoms with van der Waals surface area (Å²) in [5.74, 6) is 0.0251. The topological polar surface area (TPSA) is 40.5 Å². The van der Waals surface area contributed by atoms with Gasteiger partial charge in [-0.25, -0.2) is 0 Å². The Hall–Kier alpha value is -1.39. The molecule has 0 spiro atoms. The van der Waals surface area contributed by atoms with E-state index in [0.717, 1.165) is 40.6 Å². The monoisotopic (exact) mass is 289 g/mol. The molecule has 1 aliphatic rings. The minimum absolute atomic E-state index is 0.0251. The highest BCUT2D eigenvalue weighted by Crippen LogP contribution is 2.28. The number of aliphatic hydroxyl groups excluding tert-OH is 1. The van der Waals surface area contributed by atoms with E-state index in [2.05, 4.69) is 0 Å². The van der Waals surface area contributed by atoms with Crippen molar-refractivity contribution in [2.75, 3.05) is 7.05 Å². The lowest BCUT2D eigenvalue weighted by atomic mass is 9.91. The third-order valence-corrected chi connectivity index (χ3v) is 5.25. The molecule has 1 aromatic carbocycles. The molecular formula is C16H19NO2S. The van der Waals surface area contributed by atoms with Gasteiger partial charge in [0.25, 0.3) is 5.91 Å². The first kappa shape index (κ1) is 13.6. The zero-order chi connectivity index (χ0) is 14.1.